The maximum Gasteiger partial charge on any atom is 0.246 e. The molecule has 4 nitrogen and oxygen atoms in total. The van der Waals surface area contributed by atoms with Crippen LogP contribution in [0, 0.1) is 12.3 Å². The highest BCUT2D eigenvalue weighted by molar-refractivity contribution is 7.08. The van der Waals surface area contributed by atoms with Gasteiger partial charge in [-0.1, -0.05) is 20.8 Å². The molecule has 0 aliphatic carbocycles. The second-order valence-electron chi connectivity index (χ2n) is 6.14. The second-order valence-corrected chi connectivity index (χ2v) is 6.88. The molecule has 0 radical (unpaired) electrons. The van der Waals surface area contributed by atoms with Crippen LogP contribution in [0.2, 0.25) is 0 Å². The maximum atomic E-state index is 12.5. The number of hydrogen-bond acceptors (Lipinski definition) is 3. The number of thiophene rings is 1. The van der Waals surface area contributed by atoms with Gasteiger partial charge in [-0.2, -0.15) is 11.3 Å². The van der Waals surface area contributed by atoms with Crippen LogP contribution in [0.4, 0.5) is 0 Å². The fourth-order valence-corrected chi connectivity index (χ4v) is 3.03. The number of rotatable bonds is 2. The minimum absolute atomic E-state index is 0.0118. The van der Waals surface area contributed by atoms with Crippen molar-refractivity contribution in [2.24, 2.45) is 5.41 Å². The van der Waals surface area contributed by atoms with Crippen molar-refractivity contribution in [3.8, 4) is 0 Å². The standard InChI is InChI=1S/C14H20N2O2S/c1-9-7-19-8-10(9)5-16-6-11(17)15-12(13(16)18)14(2,3)4/h7-8,12H,5-6H2,1-4H3,(H,15,17). The van der Waals surface area contributed by atoms with Gasteiger partial charge in [0.25, 0.3) is 0 Å². The third-order valence-corrected chi connectivity index (χ3v) is 4.30. The maximum absolute atomic E-state index is 12.5. The van der Waals surface area contributed by atoms with Crippen molar-refractivity contribution in [1.82, 2.24) is 10.2 Å². The van der Waals surface area contributed by atoms with Gasteiger partial charge in [-0.25, -0.2) is 0 Å². The SMILES string of the molecule is Cc1cscc1CN1CC(=O)NC(C(C)(C)C)C1=O. The highest BCUT2D eigenvalue weighted by Gasteiger charge is 2.39. The van der Waals surface area contributed by atoms with E-state index in [1.54, 1.807) is 16.2 Å². The van der Waals surface area contributed by atoms with Crippen LogP contribution in [0.5, 0.6) is 0 Å². The average molecular weight is 280 g/mol. The van der Waals surface area contributed by atoms with E-state index < -0.39 is 6.04 Å². The van der Waals surface area contributed by atoms with Gasteiger partial charge in [-0.05, 0) is 34.2 Å². The van der Waals surface area contributed by atoms with E-state index in [2.05, 4.69) is 10.7 Å². The van der Waals surface area contributed by atoms with E-state index in [4.69, 9.17) is 0 Å². The molecule has 5 heteroatoms. The molecule has 0 spiro atoms. The Morgan fingerprint density at radius 1 is 1.37 bits per heavy atom. The Morgan fingerprint density at radius 2 is 2.05 bits per heavy atom. The molecule has 0 bridgehead atoms. The predicted molar refractivity (Wildman–Crippen MR) is 75.9 cm³/mol. The van der Waals surface area contributed by atoms with E-state index >= 15 is 0 Å². The first kappa shape index (κ1) is 14.1. The molecule has 1 N–H and O–H groups in total. The van der Waals surface area contributed by atoms with E-state index in [1.807, 2.05) is 33.1 Å². The van der Waals surface area contributed by atoms with Gasteiger partial charge in [0.15, 0.2) is 0 Å². The van der Waals surface area contributed by atoms with Crippen LogP contribution < -0.4 is 5.32 Å². The molecule has 1 aromatic rings. The number of carbonyl (C=O) groups is 2. The topological polar surface area (TPSA) is 49.4 Å². The van der Waals surface area contributed by atoms with Crippen molar-refractivity contribution in [3.63, 3.8) is 0 Å². The van der Waals surface area contributed by atoms with E-state index in [-0.39, 0.29) is 23.8 Å². The van der Waals surface area contributed by atoms with Crippen LogP contribution in [0.15, 0.2) is 10.8 Å². The minimum Gasteiger partial charge on any atom is -0.342 e. The molecular formula is C14H20N2O2S. The van der Waals surface area contributed by atoms with Gasteiger partial charge in [0.1, 0.15) is 6.04 Å². The van der Waals surface area contributed by atoms with Crippen LogP contribution in [-0.4, -0.2) is 29.3 Å². The molecule has 2 amide bonds. The van der Waals surface area contributed by atoms with Crippen LogP contribution >= 0.6 is 11.3 Å². The van der Waals surface area contributed by atoms with E-state index in [9.17, 15) is 9.59 Å². The molecular weight excluding hydrogens is 260 g/mol. The zero-order chi connectivity index (χ0) is 14.2. The summed E-state index contributed by atoms with van der Waals surface area (Å²) in [4.78, 5) is 25.9. The average Bonchev–Trinajstić information content (AvgIpc) is 2.68. The lowest BCUT2D eigenvalue weighted by Crippen LogP contribution is -2.61. The first-order chi connectivity index (χ1) is 8.79. The molecule has 1 saturated heterocycles. The lowest BCUT2D eigenvalue weighted by atomic mass is 9.84. The summed E-state index contributed by atoms with van der Waals surface area (Å²) in [6, 6.07) is -0.437. The zero-order valence-corrected chi connectivity index (χ0v) is 12.6. The number of hydrogen-bond donors (Lipinski definition) is 1. The lowest BCUT2D eigenvalue weighted by Gasteiger charge is -2.38. The Morgan fingerprint density at radius 3 is 2.58 bits per heavy atom. The number of nitrogens with one attached hydrogen (secondary N) is 1. The second kappa shape index (κ2) is 4.96. The number of piperazine rings is 1. The molecule has 1 atom stereocenters. The number of carbonyl (C=O) groups excluding carboxylic acids is 2. The molecule has 0 saturated carbocycles. The van der Waals surface area contributed by atoms with E-state index in [1.165, 1.54) is 5.56 Å². The third kappa shape index (κ3) is 2.97. The molecule has 1 fully saturated rings. The Labute approximate surface area is 117 Å². The van der Waals surface area contributed by atoms with Gasteiger partial charge in [0.2, 0.25) is 11.8 Å². The fourth-order valence-electron chi connectivity index (χ4n) is 2.18. The van der Waals surface area contributed by atoms with Crippen LogP contribution in [-0.2, 0) is 16.1 Å². The molecule has 104 valence electrons. The Hall–Kier alpha value is -1.36. The summed E-state index contributed by atoms with van der Waals surface area (Å²) in [5, 5.41) is 6.91. The van der Waals surface area contributed by atoms with Crippen molar-refractivity contribution in [3.05, 3.63) is 21.9 Å². The van der Waals surface area contributed by atoms with Crippen molar-refractivity contribution >= 4 is 23.2 Å². The van der Waals surface area contributed by atoms with Gasteiger partial charge in [0, 0.05) is 6.54 Å². The summed E-state index contributed by atoms with van der Waals surface area (Å²) < 4.78 is 0. The molecule has 1 unspecified atom stereocenters. The molecule has 1 aromatic heterocycles. The van der Waals surface area contributed by atoms with Crippen molar-refractivity contribution in [1.29, 1.82) is 0 Å². The first-order valence-electron chi connectivity index (χ1n) is 6.39. The summed E-state index contributed by atoms with van der Waals surface area (Å²) >= 11 is 1.62. The van der Waals surface area contributed by atoms with Gasteiger partial charge in [-0.15, -0.1) is 0 Å². The molecule has 19 heavy (non-hydrogen) atoms. The summed E-state index contributed by atoms with van der Waals surface area (Å²) in [6.45, 7) is 8.61. The minimum atomic E-state index is -0.437. The summed E-state index contributed by atoms with van der Waals surface area (Å²) in [5.74, 6) is -0.0647. The quantitative estimate of drug-likeness (QED) is 0.900. The third-order valence-electron chi connectivity index (χ3n) is 3.39. The van der Waals surface area contributed by atoms with Crippen LogP contribution in [0.3, 0.4) is 0 Å². The lowest BCUT2D eigenvalue weighted by molar-refractivity contribution is -0.147. The zero-order valence-electron chi connectivity index (χ0n) is 11.8. The number of aryl methyl sites for hydroxylation is 1. The largest absolute Gasteiger partial charge is 0.342 e. The Bertz CT molecular complexity index is 502. The Kier molecular flexibility index (Phi) is 3.67. The van der Waals surface area contributed by atoms with Crippen LogP contribution in [0.1, 0.15) is 31.9 Å². The Balaban J connectivity index is 2.19. The number of nitrogens with zero attached hydrogens (tertiary/aromatic N) is 1. The smallest absolute Gasteiger partial charge is 0.246 e. The molecule has 1 aliphatic rings. The fraction of sp³-hybridized carbons (Fsp3) is 0.571. The van der Waals surface area contributed by atoms with Crippen LogP contribution in [0.25, 0.3) is 0 Å². The molecule has 0 aromatic carbocycles. The van der Waals surface area contributed by atoms with Crippen molar-refractivity contribution < 1.29 is 9.59 Å². The summed E-state index contributed by atoms with van der Waals surface area (Å²) in [7, 11) is 0. The normalized spacial score (nSPS) is 20.6. The number of amides is 2. The van der Waals surface area contributed by atoms with Gasteiger partial charge < -0.3 is 10.2 Å². The highest BCUT2D eigenvalue weighted by Crippen LogP contribution is 2.25. The van der Waals surface area contributed by atoms with E-state index in [0.29, 0.717) is 6.54 Å². The van der Waals surface area contributed by atoms with Crippen molar-refractivity contribution in [2.75, 3.05) is 6.54 Å². The summed E-state index contributed by atoms with van der Waals surface area (Å²) in [5.41, 5.74) is 2.03. The van der Waals surface area contributed by atoms with Gasteiger partial charge in [0.05, 0.1) is 6.54 Å². The highest BCUT2D eigenvalue weighted by atomic mass is 32.1. The predicted octanol–water partition coefficient (Wildman–Crippen LogP) is 1.93. The van der Waals surface area contributed by atoms with Gasteiger partial charge in [-0.3, -0.25) is 9.59 Å². The molecule has 2 rings (SSSR count). The summed E-state index contributed by atoms with van der Waals surface area (Å²) in [6.07, 6.45) is 0. The van der Waals surface area contributed by atoms with E-state index in [0.717, 1.165) is 5.56 Å². The first-order valence-corrected chi connectivity index (χ1v) is 7.33. The monoisotopic (exact) mass is 280 g/mol. The van der Waals surface area contributed by atoms with Gasteiger partial charge >= 0.3 is 0 Å². The van der Waals surface area contributed by atoms with Crippen molar-refractivity contribution in [2.45, 2.75) is 40.3 Å². The molecule has 1 aliphatic heterocycles. The molecule has 2 heterocycles.